The fourth-order valence-electron chi connectivity index (χ4n) is 6.98. The maximum Gasteiger partial charge on any atom is 0.236 e. The van der Waals surface area contributed by atoms with Crippen molar-refractivity contribution in [1.29, 1.82) is 0 Å². The van der Waals surface area contributed by atoms with Crippen molar-refractivity contribution in [2.24, 2.45) is 0 Å². The van der Waals surface area contributed by atoms with Crippen LogP contribution in [0.2, 0.25) is 0 Å². The molecule has 0 aliphatic heterocycles. The lowest BCUT2D eigenvalue weighted by Gasteiger charge is -2.21. The Hall–Kier alpha value is -4.80. The van der Waals surface area contributed by atoms with Gasteiger partial charge in [-0.05, 0) is 40.5 Å². The lowest BCUT2D eigenvalue weighted by molar-refractivity contribution is 0.661. The highest BCUT2D eigenvalue weighted by Gasteiger charge is 2.37. The molecule has 4 heteroatoms. The van der Waals surface area contributed by atoms with E-state index in [1.165, 1.54) is 43.1 Å². The average molecular weight is 544 g/mol. The molecule has 3 aromatic heterocycles. The van der Waals surface area contributed by atoms with E-state index in [2.05, 4.69) is 134 Å². The lowest BCUT2D eigenvalue weighted by atomic mass is 9.82. The molecule has 0 radical (unpaired) electrons. The number of nitrogens with zero attached hydrogens (tertiary/aromatic N) is 3. The molecule has 0 atom stereocenters. The van der Waals surface area contributed by atoms with Crippen molar-refractivity contribution >= 4 is 53.4 Å². The Balaban J connectivity index is 1.43. The van der Waals surface area contributed by atoms with Crippen molar-refractivity contribution in [3.8, 4) is 28.3 Å². The van der Waals surface area contributed by atoms with Crippen molar-refractivity contribution in [3.63, 3.8) is 0 Å². The molecule has 0 spiro atoms. The third-order valence-electron chi connectivity index (χ3n) is 8.86. The fraction of sp³-hybridized carbons (Fsp3) is 0.0811. The van der Waals surface area contributed by atoms with Crippen LogP contribution in [-0.2, 0) is 5.41 Å². The summed E-state index contributed by atoms with van der Waals surface area (Å²) in [5.74, 6) is 0.708. The monoisotopic (exact) mass is 543 g/mol. The summed E-state index contributed by atoms with van der Waals surface area (Å²) in [4.78, 5) is 11.6. The van der Waals surface area contributed by atoms with Gasteiger partial charge in [-0.2, -0.15) is 0 Å². The van der Waals surface area contributed by atoms with Crippen molar-refractivity contribution < 1.29 is 0 Å². The summed E-state index contributed by atoms with van der Waals surface area (Å²) in [5, 5.41) is 4.83. The van der Waals surface area contributed by atoms with Crippen LogP contribution in [0.25, 0.3) is 70.4 Å². The first-order valence-corrected chi connectivity index (χ1v) is 14.8. The normalized spacial score (nSPS) is 13.8. The first kappa shape index (κ1) is 23.0. The highest BCUT2D eigenvalue weighted by molar-refractivity contribution is 7.25. The minimum Gasteiger partial charge on any atom is -0.278 e. The van der Waals surface area contributed by atoms with Crippen molar-refractivity contribution in [2.75, 3.05) is 0 Å². The Labute approximate surface area is 241 Å². The van der Waals surface area contributed by atoms with Crippen LogP contribution in [-0.4, -0.2) is 14.5 Å². The zero-order chi connectivity index (χ0) is 27.3. The molecule has 0 saturated carbocycles. The summed E-state index contributed by atoms with van der Waals surface area (Å²) >= 11 is 1.74. The SMILES string of the molecule is CC1(C)c2ccccc2-c2c1ccc1c2c2ccccc2n1-c1nc(-c2ccccc2)c2c(n1)sc1ccccc12. The summed E-state index contributed by atoms with van der Waals surface area (Å²) in [6.45, 7) is 4.68. The minimum absolute atomic E-state index is 0.0592. The summed E-state index contributed by atoms with van der Waals surface area (Å²) in [7, 11) is 0. The Morgan fingerprint density at radius 3 is 2.22 bits per heavy atom. The second kappa shape index (κ2) is 8.12. The number of hydrogen-bond acceptors (Lipinski definition) is 3. The quantitative estimate of drug-likeness (QED) is 0.217. The third kappa shape index (κ3) is 3.03. The van der Waals surface area contributed by atoms with Crippen molar-refractivity contribution in [3.05, 3.63) is 126 Å². The first-order valence-electron chi connectivity index (χ1n) is 14.0. The standard InChI is InChI=1S/C37H25N3S/c1-37(2)26-17-9-6-14-23(26)31-27(37)20-21-29-32(31)24-15-7-10-18-28(24)40(29)36-38-34(22-12-4-3-5-13-22)33-25-16-8-11-19-30(25)41-35(33)39-36/h3-21H,1-2H3. The van der Waals surface area contributed by atoms with E-state index in [4.69, 9.17) is 9.97 Å². The molecule has 0 N–H and O–H groups in total. The largest absolute Gasteiger partial charge is 0.278 e. The smallest absolute Gasteiger partial charge is 0.236 e. The van der Waals surface area contributed by atoms with E-state index < -0.39 is 0 Å². The van der Waals surface area contributed by atoms with E-state index in [-0.39, 0.29) is 5.41 Å². The van der Waals surface area contributed by atoms with Crippen LogP contribution < -0.4 is 0 Å². The first-order chi connectivity index (χ1) is 20.1. The number of fused-ring (bicyclic) bond motifs is 10. The summed E-state index contributed by atoms with van der Waals surface area (Å²) in [5.41, 5.74) is 9.69. The van der Waals surface area contributed by atoms with Crippen LogP contribution in [0.5, 0.6) is 0 Å². The zero-order valence-electron chi connectivity index (χ0n) is 22.7. The summed E-state index contributed by atoms with van der Waals surface area (Å²) in [6.07, 6.45) is 0. The van der Waals surface area contributed by atoms with Crippen molar-refractivity contribution in [1.82, 2.24) is 14.5 Å². The zero-order valence-corrected chi connectivity index (χ0v) is 23.5. The van der Waals surface area contributed by atoms with Crippen LogP contribution in [0, 0.1) is 0 Å². The van der Waals surface area contributed by atoms with Crippen LogP contribution in [0.15, 0.2) is 115 Å². The van der Waals surface area contributed by atoms with Gasteiger partial charge >= 0.3 is 0 Å². The van der Waals surface area contributed by atoms with Crippen LogP contribution in [0.3, 0.4) is 0 Å². The Morgan fingerprint density at radius 2 is 1.34 bits per heavy atom. The molecule has 1 aliphatic rings. The van der Waals surface area contributed by atoms with Crippen molar-refractivity contribution in [2.45, 2.75) is 19.3 Å². The fourth-order valence-corrected chi connectivity index (χ4v) is 8.06. The molecule has 194 valence electrons. The van der Waals surface area contributed by atoms with E-state index >= 15 is 0 Å². The van der Waals surface area contributed by atoms with Gasteiger partial charge in [-0.15, -0.1) is 11.3 Å². The molecule has 0 bridgehead atoms. The Morgan fingerprint density at radius 1 is 0.610 bits per heavy atom. The third-order valence-corrected chi connectivity index (χ3v) is 9.92. The van der Waals surface area contributed by atoms with Crippen LogP contribution in [0.4, 0.5) is 0 Å². The number of thiophene rings is 1. The second-order valence-corrected chi connectivity index (χ2v) is 12.5. The van der Waals surface area contributed by atoms with Crippen LogP contribution >= 0.6 is 11.3 Å². The number of hydrogen-bond donors (Lipinski definition) is 0. The van der Waals surface area contributed by atoms with Crippen LogP contribution in [0.1, 0.15) is 25.0 Å². The van der Waals surface area contributed by atoms with E-state index in [0.717, 1.165) is 32.5 Å². The van der Waals surface area contributed by atoms with Gasteiger partial charge in [0.05, 0.1) is 16.7 Å². The molecule has 1 aliphatic carbocycles. The van der Waals surface area contributed by atoms with Gasteiger partial charge in [0.15, 0.2) is 0 Å². The molecular formula is C37H25N3S. The number of para-hydroxylation sites is 1. The molecule has 9 rings (SSSR count). The summed E-state index contributed by atoms with van der Waals surface area (Å²) < 4.78 is 3.50. The predicted octanol–water partition coefficient (Wildman–Crippen LogP) is 9.91. The number of aromatic nitrogens is 3. The maximum atomic E-state index is 5.36. The molecule has 3 heterocycles. The molecule has 0 unspecified atom stereocenters. The minimum atomic E-state index is -0.0592. The van der Waals surface area contributed by atoms with Gasteiger partial charge in [-0.25, -0.2) is 9.97 Å². The highest BCUT2D eigenvalue weighted by atomic mass is 32.1. The highest BCUT2D eigenvalue weighted by Crippen LogP contribution is 2.53. The second-order valence-electron chi connectivity index (χ2n) is 11.4. The topological polar surface area (TPSA) is 30.7 Å². The molecule has 3 nitrogen and oxygen atoms in total. The van der Waals surface area contributed by atoms with Gasteiger partial charge in [-0.3, -0.25) is 4.57 Å². The Kier molecular flexibility index (Phi) is 4.55. The van der Waals surface area contributed by atoms with Gasteiger partial charge in [0.25, 0.3) is 0 Å². The molecule has 41 heavy (non-hydrogen) atoms. The molecule has 5 aromatic carbocycles. The van der Waals surface area contributed by atoms with Gasteiger partial charge < -0.3 is 0 Å². The van der Waals surface area contributed by atoms with E-state index in [1.807, 2.05) is 0 Å². The molecular weight excluding hydrogens is 518 g/mol. The van der Waals surface area contributed by atoms with E-state index in [1.54, 1.807) is 11.3 Å². The Bertz CT molecular complexity index is 2340. The van der Waals surface area contributed by atoms with E-state index in [9.17, 15) is 0 Å². The maximum absolute atomic E-state index is 5.36. The van der Waals surface area contributed by atoms with Gasteiger partial charge in [-0.1, -0.05) is 111 Å². The molecule has 0 amide bonds. The predicted molar refractivity (Wildman–Crippen MR) is 172 cm³/mol. The molecule has 0 saturated heterocycles. The molecule has 8 aromatic rings. The number of benzene rings is 5. The van der Waals surface area contributed by atoms with E-state index in [0.29, 0.717) is 5.95 Å². The summed E-state index contributed by atoms with van der Waals surface area (Å²) in [6, 6.07) is 41.3. The van der Waals surface area contributed by atoms with Gasteiger partial charge in [0.1, 0.15) is 4.83 Å². The van der Waals surface area contributed by atoms with Gasteiger partial charge in [0.2, 0.25) is 5.95 Å². The average Bonchev–Trinajstić information content (AvgIpc) is 3.63. The number of rotatable bonds is 2. The molecule has 0 fully saturated rings. The lowest BCUT2D eigenvalue weighted by Crippen LogP contribution is -2.14. The van der Waals surface area contributed by atoms with Gasteiger partial charge in [0, 0.05) is 37.2 Å².